The van der Waals surface area contributed by atoms with Crippen LogP contribution in [-0.2, 0) is 103 Å². The first kappa shape index (κ1) is 99.0. The predicted octanol–water partition coefficient (Wildman–Crippen LogP) is 10.9. The predicted molar refractivity (Wildman–Crippen MR) is 487 cm³/mol. The summed E-state index contributed by atoms with van der Waals surface area (Å²) in [5.74, 6) is -4.59. The molecule has 8 aromatic carbocycles. The molecule has 2 saturated heterocycles. The number of methoxy groups -OCH3 is 2. The number of likely N-dealkylation sites (tertiary alicyclic amines) is 2. The second-order valence-corrected chi connectivity index (χ2v) is 37.7. The number of ether oxygens (including phenoxy) is 7. The average Bonchev–Trinajstić information content (AvgIpc) is 1.57. The number of amides is 9. The summed E-state index contributed by atoms with van der Waals surface area (Å²) in [5, 5.41) is 14.5. The van der Waals surface area contributed by atoms with Crippen molar-refractivity contribution in [3.63, 3.8) is 0 Å². The second-order valence-electron chi connectivity index (χ2n) is 34.3. The number of sulfonamides is 2. The van der Waals surface area contributed by atoms with Gasteiger partial charge < -0.3 is 75.3 Å². The van der Waals surface area contributed by atoms with Gasteiger partial charge in [0.2, 0.25) is 23.6 Å². The normalized spacial score (nSPS) is 19.6. The Hall–Kier alpha value is -13.0. The van der Waals surface area contributed by atoms with Gasteiger partial charge in [0.05, 0.1) is 66.1 Å². The third-order valence-corrected chi connectivity index (χ3v) is 25.7. The number of hydrogen-bond acceptors (Lipinski definition) is 23. The molecule has 15 rings (SSSR count). The Balaban J connectivity index is 0.000000244. The number of carbonyl (C=O) groups is 9. The fourth-order valence-corrected chi connectivity index (χ4v) is 18.5. The number of benzene rings is 8. The van der Waals surface area contributed by atoms with Gasteiger partial charge in [0.25, 0.3) is 31.9 Å². The molecule has 133 heavy (non-hydrogen) atoms. The minimum absolute atomic E-state index is 0. The van der Waals surface area contributed by atoms with E-state index in [9.17, 15) is 55.2 Å². The van der Waals surface area contributed by atoms with Crippen molar-refractivity contribution in [1.29, 1.82) is 0 Å². The van der Waals surface area contributed by atoms with Gasteiger partial charge in [-0.05, 0) is 125 Å². The molecule has 5 aliphatic rings. The molecule has 3 aliphatic carbocycles. The van der Waals surface area contributed by atoms with Crippen LogP contribution >= 0.6 is 0 Å². The van der Waals surface area contributed by atoms with Crippen molar-refractivity contribution in [1.82, 2.24) is 55.8 Å². The van der Waals surface area contributed by atoms with Crippen molar-refractivity contribution in [2.24, 2.45) is 17.6 Å². The van der Waals surface area contributed by atoms with Crippen LogP contribution in [0.25, 0.3) is 55.4 Å². The number of nitrogens with one attached hydrogen (secondary N) is 7. The maximum Gasteiger partial charge on any atom is 0.408 e. The molecule has 2 aliphatic heterocycles. The summed E-state index contributed by atoms with van der Waals surface area (Å²) in [7, 11) is -5.56. The summed E-state index contributed by atoms with van der Waals surface area (Å²) < 4.78 is 98.3. The topological polar surface area (TPSA) is 429 Å². The Labute approximate surface area is 796 Å². The van der Waals surface area contributed by atoms with Crippen LogP contribution < -0.4 is 60.7 Å². The molecule has 9 amide bonds. The van der Waals surface area contributed by atoms with Crippen molar-refractivity contribution in [2.75, 3.05) is 47.0 Å². The molecule has 4 heterocycles. The molecule has 32 nitrogen and oxygen atoms in total. The molecule has 9 N–H and O–H groups in total. The number of rotatable bonds is 29. The average molecular weight is 2050 g/mol. The van der Waals surface area contributed by atoms with Crippen LogP contribution in [0.4, 0.5) is 14.4 Å². The first-order valence-corrected chi connectivity index (χ1v) is 45.4. The number of nitrogens with two attached hydrogens (primary N) is 1. The zero-order chi connectivity index (χ0) is 93.5. The van der Waals surface area contributed by atoms with Crippen LogP contribution in [0.1, 0.15) is 84.3 Å². The molecular weight excluding hydrogens is 1950 g/mol. The number of fused-ring (bicyclic) bond motifs is 5. The zero-order valence-corrected chi connectivity index (χ0v) is 80.1. The molecule has 4 fully saturated rings. The molecule has 2 saturated carbocycles. The van der Waals surface area contributed by atoms with E-state index in [-0.39, 0.29) is 107 Å². The molecule has 10 atom stereocenters. The van der Waals surface area contributed by atoms with Gasteiger partial charge in [-0.25, -0.2) is 50.6 Å². The van der Waals surface area contributed by atoms with Gasteiger partial charge in [0.1, 0.15) is 88.3 Å². The summed E-state index contributed by atoms with van der Waals surface area (Å²) in [4.78, 5) is 138. The molecule has 1 radical (unpaired) electrons. The summed E-state index contributed by atoms with van der Waals surface area (Å²) in [5.41, 5.74) is 8.72. The summed E-state index contributed by atoms with van der Waals surface area (Å²) in [6.45, 7) is 16.4. The third-order valence-electron chi connectivity index (χ3n) is 23.1. The van der Waals surface area contributed by atoms with Gasteiger partial charge in [0, 0.05) is 123 Å². The molecular formula is C97H102N12O20S2VW. The smallest absolute Gasteiger partial charge is 0.408 e. The van der Waals surface area contributed by atoms with Crippen molar-refractivity contribution in [3.05, 3.63) is 255 Å². The van der Waals surface area contributed by atoms with Crippen molar-refractivity contribution >= 4 is 95.6 Å². The van der Waals surface area contributed by atoms with E-state index < -0.39 is 151 Å². The van der Waals surface area contributed by atoms with Crippen molar-refractivity contribution in [2.45, 2.75) is 142 Å². The molecule has 2 aromatic heterocycles. The van der Waals surface area contributed by atoms with Crippen LogP contribution in [0.3, 0.4) is 0 Å². The van der Waals surface area contributed by atoms with Gasteiger partial charge in [-0.2, -0.15) is 0 Å². The standard InChI is InChI=1S/C56H56N6O11S.C41H46N6O9S.V.W/c1-6-35-30-56(35,52(65)61-74(68,69)38-19-11-8-12-20-38)60-50(63)48-28-37(72-49-29-45(34-17-9-7-10-18-34)58-46-27-36(70-5)25-26-43(46)49)32-62(48)51(64)47(59-54(67)73-55(2,3)4)31-57-53(66)71-33-44-41-23-15-13-21-39(41)40-22-14-16-24-42(40)44;1-6-26-22-41(26,38(50)46-57(52,53)29-15-11-8-12-16-29)45-36(48)34-20-28(24-47(34)37(49)33(23-42)44-39(51)56-40(2,3)4)55-35-21-31(25-13-9-7-10-14-25)43-32-19-27(54-5)17-18-30(32)35;;/h6-27,29,35,37,44,47-48H,1,28,30-33H2,2-5H3,(H,57,66)(H,59,67)(H,60,63)(H,61,65);6-19,21,26,28,33-34H,1,20,22-24,42H2,2-5H3,(H,44,51)(H,45,48)(H,46,50);;/t35-,37?,47+,48+,56-;26-,28?,33+,34+,41-;;/m11../s1. The molecule has 0 spiro atoms. The van der Waals surface area contributed by atoms with E-state index in [2.05, 4.69) is 49.2 Å². The van der Waals surface area contributed by atoms with E-state index in [1.54, 1.807) is 116 Å². The van der Waals surface area contributed by atoms with Crippen LogP contribution in [-0.4, -0.2) is 196 Å². The number of carbonyl (C=O) groups excluding carboxylic acids is 9. The van der Waals surface area contributed by atoms with Gasteiger partial charge >= 0.3 is 18.3 Å². The monoisotopic (exact) mass is 2050 g/mol. The molecule has 693 valence electrons. The van der Waals surface area contributed by atoms with E-state index in [0.717, 1.165) is 33.4 Å². The molecule has 2 unspecified atom stereocenters. The summed E-state index contributed by atoms with van der Waals surface area (Å²) in [6, 6.07) is 58.1. The number of pyridine rings is 2. The Morgan fingerprint density at radius 3 is 1.26 bits per heavy atom. The van der Waals surface area contributed by atoms with E-state index in [1.807, 2.05) is 109 Å². The Morgan fingerprint density at radius 2 is 0.887 bits per heavy atom. The molecule has 10 aromatic rings. The summed E-state index contributed by atoms with van der Waals surface area (Å²) in [6.07, 6.45) is -1.58. The molecule has 0 bridgehead atoms. The van der Waals surface area contributed by atoms with Gasteiger partial charge in [-0.3, -0.25) is 28.8 Å². The van der Waals surface area contributed by atoms with Gasteiger partial charge in [-0.1, -0.05) is 158 Å². The first-order chi connectivity index (χ1) is 62.5. The van der Waals surface area contributed by atoms with Crippen LogP contribution in [0.2, 0.25) is 0 Å². The first-order valence-electron chi connectivity index (χ1n) is 42.5. The molecule has 36 heteroatoms. The number of aromatic nitrogens is 2. The van der Waals surface area contributed by atoms with Crippen LogP contribution in [0.5, 0.6) is 23.0 Å². The number of alkyl carbamates (subject to hydrolysis) is 3. The fraction of sp³-hybridized carbons (Fsp3) is 0.309. The van der Waals surface area contributed by atoms with Crippen LogP contribution in [0.15, 0.2) is 253 Å². The minimum Gasteiger partial charge on any atom is -0.497 e. The Morgan fingerprint density at radius 1 is 0.511 bits per heavy atom. The maximum atomic E-state index is 15.1. The van der Waals surface area contributed by atoms with E-state index in [4.69, 9.17) is 48.9 Å². The van der Waals surface area contributed by atoms with Crippen LogP contribution in [0, 0.1) is 11.8 Å². The SMILES string of the molecule is C=C[C@@H]1C[C@]1(NC(=O)[C@@H]1CC(Oc2cc(-c3ccccc3)nc3cc(OC)ccc23)CN1C(=O)[C@H](CN)NC(=O)OC(C)(C)C)C(=O)NS(=O)(=O)c1ccccc1.C=C[C@@H]1C[C@]1(NC(=O)[C@@H]1CC(Oc2cc(-c3ccccc3)nc3cc(OC)ccc23)CN1C(=O)[C@H](CNC(=O)OCC1c2ccccc2-c2ccccc21)NC(=O)OC(C)(C)C)C(=O)NS(=O)(=O)c1ccccc1.[V].[W]. The van der Waals surface area contributed by atoms with E-state index in [0.29, 0.717) is 56.2 Å². The summed E-state index contributed by atoms with van der Waals surface area (Å²) >= 11 is 0. The zero-order valence-electron chi connectivity index (χ0n) is 74.1. The minimum atomic E-state index is -4.37. The third kappa shape index (κ3) is 22.9. The quantitative estimate of drug-likeness (QED) is 0.0159. The van der Waals surface area contributed by atoms with Crippen molar-refractivity contribution < 1.29 is 133 Å². The number of hydrogen-bond donors (Lipinski definition) is 8. The van der Waals surface area contributed by atoms with Gasteiger partial charge in [-0.15, -0.1) is 13.2 Å². The maximum absolute atomic E-state index is 15.1. The Bertz CT molecular complexity index is 6260. The van der Waals surface area contributed by atoms with E-state index >= 15 is 4.79 Å². The fourth-order valence-electron chi connectivity index (χ4n) is 16.4. The second kappa shape index (κ2) is 41.4. The largest absolute Gasteiger partial charge is 0.497 e. The van der Waals surface area contributed by atoms with Crippen molar-refractivity contribution in [3.8, 4) is 56.6 Å². The van der Waals surface area contributed by atoms with E-state index in [1.165, 1.54) is 70.5 Å². The Kier molecular flexibility index (Phi) is 30.9. The number of nitrogens with zero attached hydrogens (tertiary/aromatic N) is 4. The van der Waals surface area contributed by atoms with Gasteiger partial charge in [0.15, 0.2) is 0 Å².